The Morgan fingerprint density at radius 1 is 1.69 bits per heavy atom. The Morgan fingerprint density at radius 2 is 2.46 bits per heavy atom. The van der Waals surface area contributed by atoms with Crippen molar-refractivity contribution in [1.29, 1.82) is 0 Å². The highest BCUT2D eigenvalue weighted by atomic mass is 16.4. The maximum absolute atomic E-state index is 10.9. The number of fused-ring (bicyclic) bond motifs is 2. The maximum atomic E-state index is 10.9. The summed E-state index contributed by atoms with van der Waals surface area (Å²) in [5, 5.41) is 12.0. The molecule has 2 saturated heterocycles. The van der Waals surface area contributed by atoms with Gasteiger partial charge in [-0.2, -0.15) is 0 Å². The summed E-state index contributed by atoms with van der Waals surface area (Å²) in [6, 6.07) is -0.0172. The number of rotatable bonds is 1. The molecule has 0 aliphatic carbocycles. The lowest BCUT2D eigenvalue weighted by atomic mass is 9.98. The SMILES string of the molecule is O=CC12CCC(CNC1)N2C(=O)O. The second-order valence-electron chi connectivity index (χ2n) is 3.70. The molecule has 2 rings (SSSR count). The maximum Gasteiger partial charge on any atom is 0.408 e. The van der Waals surface area contributed by atoms with Crippen LogP contribution < -0.4 is 5.32 Å². The molecule has 0 saturated carbocycles. The quantitative estimate of drug-likeness (QED) is 0.547. The lowest BCUT2D eigenvalue weighted by Gasteiger charge is -2.39. The molecule has 2 N–H and O–H groups in total. The molecule has 0 aromatic rings. The highest BCUT2D eigenvalue weighted by molar-refractivity contribution is 5.77. The molecule has 2 atom stereocenters. The molecule has 5 nitrogen and oxygen atoms in total. The Kier molecular flexibility index (Phi) is 1.76. The zero-order chi connectivity index (χ0) is 9.47. The summed E-state index contributed by atoms with van der Waals surface area (Å²) in [5.74, 6) is 0. The van der Waals surface area contributed by atoms with E-state index in [0.717, 1.165) is 12.7 Å². The van der Waals surface area contributed by atoms with Gasteiger partial charge in [0.15, 0.2) is 0 Å². The highest BCUT2D eigenvalue weighted by Crippen LogP contribution is 2.34. The summed E-state index contributed by atoms with van der Waals surface area (Å²) in [4.78, 5) is 23.1. The van der Waals surface area contributed by atoms with Crippen molar-refractivity contribution in [2.24, 2.45) is 0 Å². The van der Waals surface area contributed by atoms with Crippen molar-refractivity contribution >= 4 is 12.4 Å². The molecule has 2 heterocycles. The average Bonchev–Trinajstić information content (AvgIpc) is 2.35. The number of aldehydes is 1. The van der Waals surface area contributed by atoms with Gasteiger partial charge in [-0.15, -0.1) is 0 Å². The largest absolute Gasteiger partial charge is 0.465 e. The number of amides is 1. The second kappa shape index (κ2) is 2.70. The molecule has 72 valence electrons. The molecular formula is C8H12N2O3. The van der Waals surface area contributed by atoms with Crippen molar-refractivity contribution in [3.05, 3.63) is 0 Å². The summed E-state index contributed by atoms with van der Waals surface area (Å²) >= 11 is 0. The van der Waals surface area contributed by atoms with Crippen LogP contribution in [-0.4, -0.2) is 47.1 Å². The Hall–Kier alpha value is -1.10. The molecule has 5 heteroatoms. The average molecular weight is 184 g/mol. The zero-order valence-electron chi connectivity index (χ0n) is 7.19. The van der Waals surface area contributed by atoms with E-state index in [2.05, 4.69) is 5.32 Å². The predicted molar refractivity (Wildman–Crippen MR) is 44.6 cm³/mol. The normalized spacial score (nSPS) is 37.5. The van der Waals surface area contributed by atoms with Crippen molar-refractivity contribution in [2.45, 2.75) is 24.4 Å². The summed E-state index contributed by atoms with van der Waals surface area (Å²) in [6.45, 7) is 1.13. The minimum Gasteiger partial charge on any atom is -0.465 e. The first-order valence-corrected chi connectivity index (χ1v) is 4.39. The van der Waals surface area contributed by atoms with Gasteiger partial charge in [0.25, 0.3) is 0 Å². The van der Waals surface area contributed by atoms with E-state index in [1.54, 1.807) is 0 Å². The van der Waals surface area contributed by atoms with Gasteiger partial charge in [-0.3, -0.25) is 4.90 Å². The molecule has 2 unspecified atom stereocenters. The first-order chi connectivity index (χ1) is 6.19. The molecule has 13 heavy (non-hydrogen) atoms. The first kappa shape index (κ1) is 8.50. The van der Waals surface area contributed by atoms with Gasteiger partial charge in [-0.05, 0) is 12.8 Å². The van der Waals surface area contributed by atoms with Crippen LogP contribution in [0.5, 0.6) is 0 Å². The van der Waals surface area contributed by atoms with Crippen molar-refractivity contribution in [3.63, 3.8) is 0 Å². The minimum atomic E-state index is -0.976. The number of carboxylic acid groups (broad SMARTS) is 1. The lowest BCUT2D eigenvalue weighted by Crippen LogP contribution is -2.62. The van der Waals surface area contributed by atoms with E-state index in [1.165, 1.54) is 4.90 Å². The Balaban J connectivity index is 2.33. The molecule has 2 aliphatic heterocycles. The smallest absolute Gasteiger partial charge is 0.408 e. The summed E-state index contributed by atoms with van der Waals surface area (Å²) in [5.41, 5.74) is -0.783. The molecule has 0 spiro atoms. The van der Waals surface area contributed by atoms with E-state index in [-0.39, 0.29) is 6.04 Å². The topological polar surface area (TPSA) is 69.6 Å². The number of nitrogens with one attached hydrogen (secondary N) is 1. The number of hydrogen-bond acceptors (Lipinski definition) is 3. The van der Waals surface area contributed by atoms with E-state index >= 15 is 0 Å². The van der Waals surface area contributed by atoms with Crippen LogP contribution in [-0.2, 0) is 4.79 Å². The monoisotopic (exact) mass is 184 g/mol. The van der Waals surface area contributed by atoms with Crippen LogP contribution in [0.4, 0.5) is 4.79 Å². The predicted octanol–water partition coefficient (Wildman–Crippen LogP) is -0.330. The van der Waals surface area contributed by atoms with Gasteiger partial charge in [-0.25, -0.2) is 4.79 Å². The fraction of sp³-hybridized carbons (Fsp3) is 0.750. The van der Waals surface area contributed by atoms with Gasteiger partial charge in [-0.1, -0.05) is 0 Å². The molecule has 0 radical (unpaired) electrons. The highest BCUT2D eigenvalue weighted by Gasteiger charge is 2.51. The van der Waals surface area contributed by atoms with Crippen LogP contribution in [0.15, 0.2) is 0 Å². The van der Waals surface area contributed by atoms with Gasteiger partial charge in [0.1, 0.15) is 11.8 Å². The molecule has 0 aromatic carbocycles. The van der Waals surface area contributed by atoms with E-state index in [9.17, 15) is 9.59 Å². The van der Waals surface area contributed by atoms with Gasteiger partial charge >= 0.3 is 6.09 Å². The van der Waals surface area contributed by atoms with Crippen LogP contribution in [0.3, 0.4) is 0 Å². The Bertz CT molecular complexity index is 252. The Morgan fingerprint density at radius 3 is 3.00 bits per heavy atom. The number of carbonyl (C=O) groups is 2. The van der Waals surface area contributed by atoms with Gasteiger partial charge in [0, 0.05) is 19.1 Å². The standard InChI is InChI=1S/C8H12N2O3/c11-5-8-2-1-6(3-9-4-8)10(8)7(12)13/h5-6,9H,1-4H2,(H,12,13). The van der Waals surface area contributed by atoms with Crippen molar-refractivity contribution in [3.8, 4) is 0 Å². The third-order valence-electron chi connectivity index (χ3n) is 2.99. The van der Waals surface area contributed by atoms with Gasteiger partial charge in [0.2, 0.25) is 0 Å². The lowest BCUT2D eigenvalue weighted by molar-refractivity contribution is -0.117. The van der Waals surface area contributed by atoms with E-state index in [0.29, 0.717) is 19.5 Å². The summed E-state index contributed by atoms with van der Waals surface area (Å²) in [7, 11) is 0. The van der Waals surface area contributed by atoms with Crippen LogP contribution in [0, 0.1) is 0 Å². The van der Waals surface area contributed by atoms with Crippen LogP contribution in [0.1, 0.15) is 12.8 Å². The molecule has 2 fully saturated rings. The molecule has 2 bridgehead atoms. The number of nitrogens with zero attached hydrogens (tertiary/aromatic N) is 1. The summed E-state index contributed by atoms with van der Waals surface area (Å²) in [6.07, 6.45) is 1.24. The first-order valence-electron chi connectivity index (χ1n) is 4.39. The number of carbonyl (C=O) groups excluding carboxylic acids is 1. The minimum absolute atomic E-state index is 0.0172. The fourth-order valence-electron chi connectivity index (χ4n) is 2.36. The fourth-order valence-corrected chi connectivity index (χ4v) is 2.36. The van der Waals surface area contributed by atoms with Crippen molar-refractivity contribution in [1.82, 2.24) is 10.2 Å². The third-order valence-corrected chi connectivity index (χ3v) is 2.99. The zero-order valence-corrected chi connectivity index (χ0v) is 7.19. The van der Waals surface area contributed by atoms with E-state index in [4.69, 9.17) is 5.11 Å². The van der Waals surface area contributed by atoms with Crippen LogP contribution in [0.2, 0.25) is 0 Å². The summed E-state index contributed by atoms with van der Waals surface area (Å²) < 4.78 is 0. The molecule has 2 aliphatic rings. The van der Waals surface area contributed by atoms with Crippen molar-refractivity contribution in [2.75, 3.05) is 13.1 Å². The number of piperazine rings is 1. The Labute approximate surface area is 75.7 Å². The van der Waals surface area contributed by atoms with Gasteiger partial charge < -0.3 is 15.2 Å². The molecule has 1 amide bonds. The molecular weight excluding hydrogens is 172 g/mol. The van der Waals surface area contributed by atoms with Gasteiger partial charge in [0.05, 0.1) is 0 Å². The van der Waals surface area contributed by atoms with Crippen LogP contribution >= 0.6 is 0 Å². The number of hydrogen-bond donors (Lipinski definition) is 2. The van der Waals surface area contributed by atoms with E-state index in [1.807, 2.05) is 0 Å². The third kappa shape index (κ3) is 1.03. The van der Waals surface area contributed by atoms with Crippen molar-refractivity contribution < 1.29 is 14.7 Å². The second-order valence-corrected chi connectivity index (χ2v) is 3.70. The van der Waals surface area contributed by atoms with E-state index < -0.39 is 11.6 Å². The van der Waals surface area contributed by atoms with Crippen LogP contribution in [0.25, 0.3) is 0 Å². The molecule has 0 aromatic heterocycles.